The van der Waals surface area contributed by atoms with Crippen LogP contribution in [0.15, 0.2) is 24.3 Å². The van der Waals surface area contributed by atoms with E-state index >= 15 is 0 Å². The number of hydrogen-bond acceptors (Lipinski definition) is 3. The maximum absolute atomic E-state index is 12.1. The third kappa shape index (κ3) is 6.24. The summed E-state index contributed by atoms with van der Waals surface area (Å²) < 4.78 is 5.67. The number of halogens is 1. The molecule has 5 heteroatoms. The normalized spacial score (nSPS) is 17.7. The van der Waals surface area contributed by atoms with Crippen molar-refractivity contribution in [2.24, 2.45) is 11.8 Å². The summed E-state index contributed by atoms with van der Waals surface area (Å²) in [5, 5.41) is 6.24. The molecule has 1 heterocycles. The van der Waals surface area contributed by atoms with E-state index < -0.39 is 0 Å². The Labute approximate surface area is 139 Å². The van der Waals surface area contributed by atoms with Gasteiger partial charge in [-0.3, -0.25) is 4.79 Å². The second kappa shape index (κ2) is 9.70. The molecule has 0 bridgehead atoms. The van der Waals surface area contributed by atoms with Gasteiger partial charge >= 0.3 is 0 Å². The zero-order valence-electron chi connectivity index (χ0n) is 13.4. The zero-order valence-corrected chi connectivity index (χ0v) is 14.2. The van der Waals surface area contributed by atoms with Crippen LogP contribution < -0.4 is 15.4 Å². The molecular formula is C17H27ClN2O2. The van der Waals surface area contributed by atoms with E-state index in [1.165, 1.54) is 0 Å². The van der Waals surface area contributed by atoms with Crippen LogP contribution in [-0.4, -0.2) is 25.6 Å². The Hall–Kier alpha value is -1.26. The summed E-state index contributed by atoms with van der Waals surface area (Å²) in [5.74, 6) is 1.69. The van der Waals surface area contributed by atoms with Crippen molar-refractivity contribution in [3.05, 3.63) is 24.3 Å². The van der Waals surface area contributed by atoms with E-state index in [0.717, 1.165) is 50.4 Å². The number of nitrogens with one attached hydrogen (secondary N) is 2. The predicted molar refractivity (Wildman–Crippen MR) is 92.9 cm³/mol. The number of anilines is 1. The molecule has 124 valence electrons. The highest BCUT2D eigenvalue weighted by Crippen LogP contribution is 2.18. The van der Waals surface area contributed by atoms with Gasteiger partial charge in [0.05, 0.1) is 12.5 Å². The molecule has 1 aromatic rings. The van der Waals surface area contributed by atoms with Crippen molar-refractivity contribution in [1.82, 2.24) is 5.32 Å². The number of rotatable bonds is 6. The van der Waals surface area contributed by atoms with E-state index in [-0.39, 0.29) is 24.2 Å². The Kier molecular flexibility index (Phi) is 8.28. The molecule has 22 heavy (non-hydrogen) atoms. The lowest BCUT2D eigenvalue weighted by molar-refractivity contribution is -0.120. The number of ether oxygens (including phenoxy) is 1. The van der Waals surface area contributed by atoms with Gasteiger partial charge in [-0.15, -0.1) is 12.4 Å². The number of carbonyl (C=O) groups excluding carboxylic acids is 1. The molecule has 4 nitrogen and oxygen atoms in total. The molecule has 1 aromatic carbocycles. The maximum Gasteiger partial charge on any atom is 0.228 e. The van der Waals surface area contributed by atoms with Gasteiger partial charge in [0.15, 0.2) is 0 Å². The fourth-order valence-electron chi connectivity index (χ4n) is 2.37. The summed E-state index contributed by atoms with van der Waals surface area (Å²) in [6.07, 6.45) is 3.09. The van der Waals surface area contributed by atoms with Crippen molar-refractivity contribution in [2.75, 3.05) is 25.0 Å². The first-order valence-electron chi connectivity index (χ1n) is 7.89. The summed E-state index contributed by atoms with van der Waals surface area (Å²) in [4.78, 5) is 12.1. The molecule has 0 radical (unpaired) electrons. The number of benzene rings is 1. The van der Waals surface area contributed by atoms with Crippen molar-refractivity contribution in [2.45, 2.75) is 33.1 Å². The lowest BCUT2D eigenvalue weighted by Gasteiger charge is -2.21. The molecule has 2 N–H and O–H groups in total. The van der Waals surface area contributed by atoms with Crippen LogP contribution in [0.25, 0.3) is 0 Å². The Morgan fingerprint density at radius 3 is 2.68 bits per heavy atom. The molecule has 0 aliphatic carbocycles. The van der Waals surface area contributed by atoms with E-state index in [2.05, 4.69) is 24.5 Å². The Balaban J connectivity index is 0.00000242. The maximum atomic E-state index is 12.1. The van der Waals surface area contributed by atoms with Crippen molar-refractivity contribution in [3.63, 3.8) is 0 Å². The van der Waals surface area contributed by atoms with Crippen LogP contribution in [0.1, 0.15) is 33.1 Å². The first-order chi connectivity index (χ1) is 10.1. The molecule has 1 fully saturated rings. The quantitative estimate of drug-likeness (QED) is 0.841. The summed E-state index contributed by atoms with van der Waals surface area (Å²) >= 11 is 0. The zero-order chi connectivity index (χ0) is 15.1. The Morgan fingerprint density at radius 1 is 1.36 bits per heavy atom. The smallest absolute Gasteiger partial charge is 0.228 e. The van der Waals surface area contributed by atoms with Crippen molar-refractivity contribution < 1.29 is 9.53 Å². The molecular weight excluding hydrogens is 300 g/mol. The van der Waals surface area contributed by atoms with Gasteiger partial charge in [-0.2, -0.15) is 0 Å². The van der Waals surface area contributed by atoms with Gasteiger partial charge in [-0.1, -0.05) is 13.8 Å². The standard InChI is InChI=1S/C17H26N2O2.ClH/c1-13(2)9-11-21-16-7-5-15(6-8-16)19-17(20)14-4-3-10-18-12-14;/h5-8,13-14,18H,3-4,9-12H2,1-2H3,(H,19,20);1H. The first kappa shape index (κ1) is 18.8. The summed E-state index contributed by atoms with van der Waals surface area (Å²) in [5.41, 5.74) is 0.835. The van der Waals surface area contributed by atoms with Crippen LogP contribution in [0.4, 0.5) is 5.69 Å². The first-order valence-corrected chi connectivity index (χ1v) is 7.89. The van der Waals surface area contributed by atoms with Crippen LogP contribution in [-0.2, 0) is 4.79 Å². The lowest BCUT2D eigenvalue weighted by atomic mass is 9.99. The fourth-order valence-corrected chi connectivity index (χ4v) is 2.37. The van der Waals surface area contributed by atoms with Gasteiger partial charge in [-0.05, 0) is 56.0 Å². The highest BCUT2D eigenvalue weighted by molar-refractivity contribution is 5.92. The molecule has 1 aliphatic rings. The highest BCUT2D eigenvalue weighted by Gasteiger charge is 2.20. The van der Waals surface area contributed by atoms with E-state index in [4.69, 9.17) is 4.74 Å². The van der Waals surface area contributed by atoms with Crippen LogP contribution >= 0.6 is 12.4 Å². The number of piperidine rings is 1. The fraction of sp³-hybridized carbons (Fsp3) is 0.588. The van der Waals surface area contributed by atoms with Crippen LogP contribution in [0, 0.1) is 11.8 Å². The summed E-state index contributed by atoms with van der Waals surface area (Å²) in [6, 6.07) is 7.63. The van der Waals surface area contributed by atoms with Gasteiger partial charge in [-0.25, -0.2) is 0 Å². The Morgan fingerprint density at radius 2 is 2.09 bits per heavy atom. The molecule has 1 aliphatic heterocycles. The van der Waals surface area contributed by atoms with Crippen molar-refractivity contribution >= 4 is 24.0 Å². The predicted octanol–water partition coefficient (Wildman–Crippen LogP) is 3.47. The van der Waals surface area contributed by atoms with E-state index in [9.17, 15) is 4.79 Å². The average Bonchev–Trinajstić information content (AvgIpc) is 2.49. The highest BCUT2D eigenvalue weighted by atomic mass is 35.5. The largest absolute Gasteiger partial charge is 0.494 e. The molecule has 0 spiro atoms. The van der Waals surface area contributed by atoms with Crippen LogP contribution in [0.5, 0.6) is 5.75 Å². The minimum atomic E-state index is 0. The SMILES string of the molecule is CC(C)CCOc1ccc(NC(=O)C2CCCNC2)cc1.Cl. The van der Waals surface area contributed by atoms with E-state index in [1.54, 1.807) is 0 Å². The lowest BCUT2D eigenvalue weighted by Crippen LogP contribution is -2.37. The summed E-state index contributed by atoms with van der Waals surface area (Å²) in [6.45, 7) is 6.90. The van der Waals surface area contributed by atoms with Gasteiger partial charge in [0.25, 0.3) is 0 Å². The van der Waals surface area contributed by atoms with Gasteiger partial charge in [0, 0.05) is 12.2 Å². The Bertz CT molecular complexity index is 442. The molecule has 1 unspecified atom stereocenters. The van der Waals surface area contributed by atoms with E-state index in [0.29, 0.717) is 5.92 Å². The number of amides is 1. The van der Waals surface area contributed by atoms with Crippen molar-refractivity contribution in [1.29, 1.82) is 0 Å². The monoisotopic (exact) mass is 326 g/mol. The summed E-state index contributed by atoms with van der Waals surface area (Å²) in [7, 11) is 0. The molecule has 0 aromatic heterocycles. The number of hydrogen-bond donors (Lipinski definition) is 2. The minimum absolute atomic E-state index is 0. The van der Waals surface area contributed by atoms with Crippen LogP contribution in [0.3, 0.4) is 0 Å². The van der Waals surface area contributed by atoms with E-state index in [1.807, 2.05) is 24.3 Å². The molecule has 1 atom stereocenters. The third-order valence-corrected chi connectivity index (χ3v) is 3.75. The van der Waals surface area contributed by atoms with Crippen molar-refractivity contribution in [3.8, 4) is 5.75 Å². The van der Waals surface area contributed by atoms with Gasteiger partial charge in [0.2, 0.25) is 5.91 Å². The molecule has 1 saturated heterocycles. The minimum Gasteiger partial charge on any atom is -0.494 e. The van der Waals surface area contributed by atoms with Crippen LogP contribution in [0.2, 0.25) is 0 Å². The van der Waals surface area contributed by atoms with Gasteiger partial charge in [0.1, 0.15) is 5.75 Å². The molecule has 0 saturated carbocycles. The number of carbonyl (C=O) groups is 1. The second-order valence-electron chi connectivity index (χ2n) is 6.09. The topological polar surface area (TPSA) is 50.4 Å². The second-order valence-corrected chi connectivity index (χ2v) is 6.09. The van der Waals surface area contributed by atoms with Gasteiger partial charge < -0.3 is 15.4 Å². The molecule has 2 rings (SSSR count). The third-order valence-electron chi connectivity index (χ3n) is 3.75. The average molecular weight is 327 g/mol. The molecule has 1 amide bonds.